The van der Waals surface area contributed by atoms with Crippen molar-refractivity contribution in [1.82, 2.24) is 15.2 Å². The molecule has 9 nitrogen and oxygen atoms in total. The van der Waals surface area contributed by atoms with E-state index in [0.29, 0.717) is 37.1 Å². The lowest BCUT2D eigenvalue weighted by molar-refractivity contribution is -0.124. The first-order valence-corrected chi connectivity index (χ1v) is 11.2. The van der Waals surface area contributed by atoms with Crippen molar-refractivity contribution in [3.8, 4) is 11.5 Å². The highest BCUT2D eigenvalue weighted by Crippen LogP contribution is 2.32. The molecule has 1 unspecified atom stereocenters. The molecule has 2 N–H and O–H groups in total. The highest BCUT2D eigenvalue weighted by molar-refractivity contribution is 7.15. The number of aromatic nitrogens is 1. The molecule has 10 heteroatoms. The fourth-order valence-corrected chi connectivity index (χ4v) is 4.97. The van der Waals surface area contributed by atoms with E-state index in [2.05, 4.69) is 20.5 Å². The molecule has 4 heterocycles. The Morgan fingerprint density at radius 1 is 1.26 bits per heavy atom. The molecule has 0 radical (unpaired) electrons. The minimum Gasteiger partial charge on any atom is -0.454 e. The summed E-state index contributed by atoms with van der Waals surface area (Å²) in [4.78, 5) is 32.4. The van der Waals surface area contributed by atoms with Gasteiger partial charge in [0.15, 0.2) is 16.6 Å². The number of hydrogen-bond acceptors (Lipinski definition) is 8. The lowest BCUT2D eigenvalue weighted by Crippen LogP contribution is -2.39. The molecule has 31 heavy (non-hydrogen) atoms. The quantitative estimate of drug-likeness (QED) is 0.699. The van der Waals surface area contributed by atoms with Crippen LogP contribution in [0.15, 0.2) is 18.2 Å². The summed E-state index contributed by atoms with van der Waals surface area (Å²) in [5, 5.41) is 6.45. The van der Waals surface area contributed by atoms with Gasteiger partial charge in [0.1, 0.15) is 6.10 Å². The van der Waals surface area contributed by atoms with Crippen LogP contribution in [0.1, 0.15) is 29.0 Å². The number of nitrogens with one attached hydrogen (secondary N) is 2. The minimum atomic E-state index is -0.370. The van der Waals surface area contributed by atoms with Crippen LogP contribution in [-0.4, -0.2) is 54.3 Å². The third kappa shape index (κ3) is 4.65. The van der Waals surface area contributed by atoms with Crippen LogP contribution in [0, 0.1) is 0 Å². The third-order valence-electron chi connectivity index (χ3n) is 5.56. The summed E-state index contributed by atoms with van der Waals surface area (Å²) in [5.74, 6) is 1.29. The summed E-state index contributed by atoms with van der Waals surface area (Å²) in [6, 6.07) is 5.67. The van der Waals surface area contributed by atoms with Crippen molar-refractivity contribution in [2.45, 2.75) is 38.5 Å². The first-order valence-electron chi connectivity index (χ1n) is 10.4. The molecule has 0 bridgehead atoms. The van der Waals surface area contributed by atoms with Gasteiger partial charge in [-0.25, -0.2) is 4.98 Å². The molecule has 3 aliphatic heterocycles. The van der Waals surface area contributed by atoms with E-state index >= 15 is 0 Å². The second-order valence-electron chi connectivity index (χ2n) is 7.80. The number of hydrogen-bond donors (Lipinski definition) is 2. The van der Waals surface area contributed by atoms with Crippen LogP contribution in [0.5, 0.6) is 11.5 Å². The van der Waals surface area contributed by atoms with Crippen molar-refractivity contribution in [3.05, 3.63) is 34.3 Å². The summed E-state index contributed by atoms with van der Waals surface area (Å²) < 4.78 is 16.1. The minimum absolute atomic E-state index is 0.0301. The summed E-state index contributed by atoms with van der Waals surface area (Å²) in [6.07, 6.45) is 2.06. The van der Waals surface area contributed by atoms with Crippen molar-refractivity contribution < 1.29 is 23.8 Å². The van der Waals surface area contributed by atoms with Crippen LogP contribution in [0.25, 0.3) is 0 Å². The number of nitrogens with zero attached hydrogens (tertiary/aromatic N) is 2. The Kier molecular flexibility index (Phi) is 5.75. The highest BCUT2D eigenvalue weighted by Gasteiger charge is 2.26. The summed E-state index contributed by atoms with van der Waals surface area (Å²) in [7, 11) is 0. The van der Waals surface area contributed by atoms with Crippen LogP contribution in [0.2, 0.25) is 0 Å². The number of rotatable bonds is 6. The molecular formula is C21H24N4O5S. The van der Waals surface area contributed by atoms with E-state index in [4.69, 9.17) is 14.2 Å². The Hall–Kier alpha value is -2.69. The van der Waals surface area contributed by atoms with Gasteiger partial charge in [-0.15, -0.1) is 11.3 Å². The van der Waals surface area contributed by atoms with E-state index < -0.39 is 0 Å². The predicted molar refractivity (Wildman–Crippen MR) is 113 cm³/mol. The Balaban J connectivity index is 1.11. The fraction of sp³-hybridized carbons (Fsp3) is 0.476. The van der Waals surface area contributed by atoms with Crippen LogP contribution in [0.4, 0.5) is 5.13 Å². The molecule has 2 amide bonds. The zero-order chi connectivity index (χ0) is 21.2. The maximum Gasteiger partial charge on any atom is 0.255 e. The van der Waals surface area contributed by atoms with Crippen LogP contribution < -0.4 is 20.1 Å². The van der Waals surface area contributed by atoms with Crippen molar-refractivity contribution in [2.75, 3.05) is 31.8 Å². The maximum absolute atomic E-state index is 12.4. The first kappa shape index (κ1) is 20.2. The number of thiazole rings is 1. The summed E-state index contributed by atoms with van der Waals surface area (Å²) in [6.45, 7) is 3.04. The van der Waals surface area contributed by atoms with Gasteiger partial charge in [-0.1, -0.05) is 6.07 Å². The lowest BCUT2D eigenvalue weighted by atomic mass is 10.2. The SMILES string of the molecule is O=C(CN1CCc2nc(NC(=O)C3CCCO3)sc2C1)NCc1ccc2c(c1)OCO2. The van der Waals surface area contributed by atoms with Gasteiger partial charge < -0.3 is 19.5 Å². The zero-order valence-corrected chi connectivity index (χ0v) is 17.8. The van der Waals surface area contributed by atoms with E-state index in [0.717, 1.165) is 47.7 Å². The number of carbonyl (C=O) groups excluding carboxylic acids is 2. The van der Waals surface area contributed by atoms with Crippen LogP contribution in [-0.2, 0) is 33.8 Å². The topological polar surface area (TPSA) is 102 Å². The highest BCUT2D eigenvalue weighted by atomic mass is 32.1. The average molecular weight is 445 g/mol. The molecular weight excluding hydrogens is 420 g/mol. The maximum atomic E-state index is 12.4. The molecule has 1 fully saturated rings. The van der Waals surface area contributed by atoms with Gasteiger partial charge in [0.25, 0.3) is 5.91 Å². The average Bonchev–Trinajstić information content (AvgIpc) is 3.51. The molecule has 0 saturated carbocycles. The molecule has 164 valence electrons. The molecule has 1 saturated heterocycles. The second-order valence-corrected chi connectivity index (χ2v) is 8.89. The Morgan fingerprint density at radius 3 is 3.03 bits per heavy atom. The van der Waals surface area contributed by atoms with Gasteiger partial charge in [0, 0.05) is 37.5 Å². The molecule has 1 atom stereocenters. The van der Waals surface area contributed by atoms with Gasteiger partial charge >= 0.3 is 0 Å². The molecule has 0 spiro atoms. The largest absolute Gasteiger partial charge is 0.454 e. The van der Waals surface area contributed by atoms with Gasteiger partial charge in [0.05, 0.1) is 12.2 Å². The smallest absolute Gasteiger partial charge is 0.255 e. The summed E-state index contributed by atoms with van der Waals surface area (Å²) in [5.41, 5.74) is 1.97. The standard InChI is InChI=1S/C21H24N4O5S/c26-19(22-9-13-3-4-15-17(8-13)30-12-29-15)11-25-6-5-14-18(10-25)31-21(23-14)24-20(27)16-2-1-7-28-16/h3-4,8,16H,1-2,5-7,9-12H2,(H,22,26)(H,23,24,27). The van der Waals surface area contributed by atoms with E-state index in [1.165, 1.54) is 11.3 Å². The van der Waals surface area contributed by atoms with E-state index in [1.807, 2.05) is 18.2 Å². The first-order chi connectivity index (χ1) is 15.1. The third-order valence-corrected chi connectivity index (χ3v) is 6.55. The Bertz CT molecular complexity index is 988. The van der Waals surface area contributed by atoms with Crippen LogP contribution in [0.3, 0.4) is 0 Å². The van der Waals surface area contributed by atoms with Gasteiger partial charge in [-0.2, -0.15) is 0 Å². The number of benzene rings is 1. The predicted octanol–water partition coefficient (Wildman–Crippen LogP) is 1.66. The van der Waals surface area contributed by atoms with Crippen molar-refractivity contribution in [1.29, 1.82) is 0 Å². The second kappa shape index (κ2) is 8.81. The number of amides is 2. The number of ether oxygens (including phenoxy) is 3. The van der Waals surface area contributed by atoms with Gasteiger partial charge in [-0.3, -0.25) is 19.8 Å². The fourth-order valence-electron chi connectivity index (χ4n) is 3.92. The number of fused-ring (bicyclic) bond motifs is 2. The van der Waals surface area contributed by atoms with Crippen molar-refractivity contribution in [2.24, 2.45) is 0 Å². The molecule has 3 aliphatic rings. The van der Waals surface area contributed by atoms with Crippen molar-refractivity contribution >= 4 is 28.3 Å². The van der Waals surface area contributed by atoms with Gasteiger partial charge in [-0.05, 0) is 30.5 Å². The Morgan fingerprint density at radius 2 is 2.16 bits per heavy atom. The van der Waals surface area contributed by atoms with E-state index in [9.17, 15) is 9.59 Å². The van der Waals surface area contributed by atoms with Crippen LogP contribution >= 0.6 is 11.3 Å². The molecule has 1 aromatic carbocycles. The molecule has 0 aliphatic carbocycles. The Labute approximate surface area is 183 Å². The van der Waals surface area contributed by atoms with E-state index in [-0.39, 0.29) is 24.7 Å². The van der Waals surface area contributed by atoms with E-state index in [1.54, 1.807) is 0 Å². The lowest BCUT2D eigenvalue weighted by Gasteiger charge is -2.25. The monoisotopic (exact) mass is 444 g/mol. The molecule has 1 aromatic heterocycles. The number of carbonyl (C=O) groups is 2. The number of anilines is 1. The van der Waals surface area contributed by atoms with Gasteiger partial charge in [0.2, 0.25) is 12.7 Å². The molecule has 2 aromatic rings. The summed E-state index contributed by atoms with van der Waals surface area (Å²) >= 11 is 1.48. The zero-order valence-electron chi connectivity index (χ0n) is 17.0. The van der Waals surface area contributed by atoms with Crippen molar-refractivity contribution in [3.63, 3.8) is 0 Å². The molecule has 5 rings (SSSR count). The normalized spacial score (nSPS) is 19.8.